The summed E-state index contributed by atoms with van der Waals surface area (Å²) in [6.07, 6.45) is 1.37. The molecule has 0 heterocycles. The highest BCUT2D eigenvalue weighted by atomic mass is 79.9. The second-order valence-corrected chi connectivity index (χ2v) is 5.62. The Morgan fingerprint density at radius 3 is 2.53 bits per heavy atom. The van der Waals surface area contributed by atoms with Crippen molar-refractivity contribution in [1.29, 1.82) is 0 Å². The summed E-state index contributed by atoms with van der Waals surface area (Å²) in [5.41, 5.74) is 1.20. The summed E-state index contributed by atoms with van der Waals surface area (Å²) in [6.45, 7) is 8.22. The van der Waals surface area contributed by atoms with Crippen LogP contribution in [0.15, 0.2) is 28.7 Å². The van der Waals surface area contributed by atoms with Crippen molar-refractivity contribution in [2.45, 2.75) is 33.0 Å². The van der Waals surface area contributed by atoms with E-state index < -0.39 is 0 Å². The Kier molecular flexibility index (Phi) is 9.08. The maximum absolute atomic E-state index is 5.60. The molecule has 0 fully saturated rings. The third kappa shape index (κ3) is 9.16. The van der Waals surface area contributed by atoms with Crippen molar-refractivity contribution < 1.29 is 9.47 Å². The zero-order valence-electron chi connectivity index (χ0n) is 11.8. The molecule has 108 valence electrons. The second kappa shape index (κ2) is 10.4. The van der Waals surface area contributed by atoms with Crippen LogP contribution in [-0.2, 0) is 16.1 Å². The first-order chi connectivity index (χ1) is 9.18. The van der Waals surface area contributed by atoms with Crippen molar-refractivity contribution in [3.8, 4) is 0 Å². The minimum atomic E-state index is 0.328. The van der Waals surface area contributed by atoms with Gasteiger partial charge in [0.15, 0.2) is 0 Å². The standard InChI is InChI=1S/C15H24BrNO2/c1-13(2)19-10-3-8-17-9-11-18-12-14-4-6-15(16)7-5-14/h4-7,13,17H,3,8-12H2,1-2H3. The predicted molar refractivity (Wildman–Crippen MR) is 82.4 cm³/mol. The summed E-state index contributed by atoms with van der Waals surface area (Å²) >= 11 is 3.42. The Hall–Kier alpha value is -0.420. The van der Waals surface area contributed by atoms with Gasteiger partial charge in [-0.1, -0.05) is 28.1 Å². The number of benzene rings is 1. The van der Waals surface area contributed by atoms with Gasteiger partial charge in [0.2, 0.25) is 0 Å². The van der Waals surface area contributed by atoms with Gasteiger partial charge in [0.1, 0.15) is 0 Å². The highest BCUT2D eigenvalue weighted by Crippen LogP contribution is 2.10. The van der Waals surface area contributed by atoms with Crippen LogP contribution in [0.3, 0.4) is 0 Å². The molecule has 0 aliphatic heterocycles. The van der Waals surface area contributed by atoms with E-state index in [0.717, 1.165) is 37.2 Å². The van der Waals surface area contributed by atoms with Crippen molar-refractivity contribution in [2.24, 2.45) is 0 Å². The molecule has 1 rings (SSSR count). The molecule has 0 radical (unpaired) electrons. The van der Waals surface area contributed by atoms with Crippen LogP contribution in [0.25, 0.3) is 0 Å². The molecule has 19 heavy (non-hydrogen) atoms. The topological polar surface area (TPSA) is 30.5 Å². The van der Waals surface area contributed by atoms with Gasteiger partial charge in [-0.25, -0.2) is 0 Å². The van der Waals surface area contributed by atoms with Gasteiger partial charge in [-0.2, -0.15) is 0 Å². The number of hydrogen-bond acceptors (Lipinski definition) is 3. The lowest BCUT2D eigenvalue weighted by molar-refractivity contribution is 0.0761. The smallest absolute Gasteiger partial charge is 0.0717 e. The summed E-state index contributed by atoms with van der Waals surface area (Å²) in [5, 5.41) is 3.34. The molecular formula is C15H24BrNO2. The summed E-state index contributed by atoms with van der Waals surface area (Å²) in [7, 11) is 0. The molecule has 1 aromatic rings. The van der Waals surface area contributed by atoms with Gasteiger partial charge in [-0.05, 0) is 44.5 Å². The molecular weight excluding hydrogens is 306 g/mol. The van der Waals surface area contributed by atoms with E-state index >= 15 is 0 Å². The lowest BCUT2D eigenvalue weighted by atomic mass is 10.2. The largest absolute Gasteiger partial charge is 0.379 e. The molecule has 1 N–H and O–H groups in total. The molecule has 0 saturated carbocycles. The molecule has 0 saturated heterocycles. The number of ether oxygens (including phenoxy) is 2. The summed E-state index contributed by atoms with van der Waals surface area (Å²) in [5.74, 6) is 0. The molecule has 0 atom stereocenters. The van der Waals surface area contributed by atoms with E-state index in [1.807, 2.05) is 12.1 Å². The van der Waals surface area contributed by atoms with E-state index in [1.165, 1.54) is 5.56 Å². The van der Waals surface area contributed by atoms with Gasteiger partial charge in [0, 0.05) is 17.6 Å². The summed E-state index contributed by atoms with van der Waals surface area (Å²) < 4.78 is 12.2. The summed E-state index contributed by atoms with van der Waals surface area (Å²) in [6, 6.07) is 8.21. The Morgan fingerprint density at radius 1 is 1.11 bits per heavy atom. The predicted octanol–water partition coefficient (Wildman–Crippen LogP) is 3.37. The van der Waals surface area contributed by atoms with Crippen molar-refractivity contribution in [3.63, 3.8) is 0 Å². The fourth-order valence-electron chi connectivity index (χ4n) is 1.56. The zero-order valence-corrected chi connectivity index (χ0v) is 13.4. The monoisotopic (exact) mass is 329 g/mol. The third-order valence-corrected chi connectivity index (χ3v) is 3.08. The third-order valence-electron chi connectivity index (χ3n) is 2.55. The Morgan fingerprint density at radius 2 is 1.84 bits per heavy atom. The first-order valence-electron chi connectivity index (χ1n) is 6.83. The number of halogens is 1. The van der Waals surface area contributed by atoms with Crippen molar-refractivity contribution in [3.05, 3.63) is 34.3 Å². The molecule has 3 nitrogen and oxygen atoms in total. The van der Waals surface area contributed by atoms with E-state index in [0.29, 0.717) is 12.7 Å². The lowest BCUT2D eigenvalue weighted by Crippen LogP contribution is -2.22. The molecule has 4 heteroatoms. The van der Waals surface area contributed by atoms with Gasteiger partial charge < -0.3 is 14.8 Å². The molecule has 1 aromatic carbocycles. The Balaban J connectivity index is 1.90. The second-order valence-electron chi connectivity index (χ2n) is 4.70. The van der Waals surface area contributed by atoms with E-state index in [1.54, 1.807) is 0 Å². The fraction of sp³-hybridized carbons (Fsp3) is 0.600. The van der Waals surface area contributed by atoms with Crippen LogP contribution < -0.4 is 5.32 Å². The van der Waals surface area contributed by atoms with Gasteiger partial charge >= 0.3 is 0 Å². The highest BCUT2D eigenvalue weighted by molar-refractivity contribution is 9.10. The van der Waals surface area contributed by atoms with E-state index in [-0.39, 0.29) is 0 Å². The number of rotatable bonds is 10. The van der Waals surface area contributed by atoms with Crippen LogP contribution in [0.4, 0.5) is 0 Å². The lowest BCUT2D eigenvalue weighted by Gasteiger charge is -2.08. The van der Waals surface area contributed by atoms with Crippen molar-refractivity contribution in [1.82, 2.24) is 5.32 Å². The molecule has 0 aromatic heterocycles. The average molecular weight is 330 g/mol. The van der Waals surface area contributed by atoms with Gasteiger partial charge in [-0.3, -0.25) is 0 Å². The summed E-state index contributed by atoms with van der Waals surface area (Å²) in [4.78, 5) is 0. The van der Waals surface area contributed by atoms with Gasteiger partial charge in [0.25, 0.3) is 0 Å². The van der Waals surface area contributed by atoms with Crippen LogP contribution in [0.5, 0.6) is 0 Å². The van der Waals surface area contributed by atoms with Gasteiger partial charge in [-0.15, -0.1) is 0 Å². The molecule has 0 aliphatic carbocycles. The van der Waals surface area contributed by atoms with Crippen LogP contribution in [0, 0.1) is 0 Å². The van der Waals surface area contributed by atoms with Crippen LogP contribution >= 0.6 is 15.9 Å². The van der Waals surface area contributed by atoms with Crippen LogP contribution in [0.2, 0.25) is 0 Å². The van der Waals surface area contributed by atoms with Crippen molar-refractivity contribution >= 4 is 15.9 Å². The molecule has 0 unspecified atom stereocenters. The number of hydrogen-bond donors (Lipinski definition) is 1. The van der Waals surface area contributed by atoms with Crippen LogP contribution in [-0.4, -0.2) is 32.4 Å². The van der Waals surface area contributed by atoms with Crippen LogP contribution in [0.1, 0.15) is 25.8 Å². The fourth-order valence-corrected chi connectivity index (χ4v) is 1.82. The normalized spacial score (nSPS) is 11.2. The van der Waals surface area contributed by atoms with Crippen molar-refractivity contribution in [2.75, 3.05) is 26.3 Å². The zero-order chi connectivity index (χ0) is 13.9. The Labute approximate surface area is 124 Å². The molecule has 0 bridgehead atoms. The Bertz CT molecular complexity index is 327. The van der Waals surface area contributed by atoms with Gasteiger partial charge in [0.05, 0.1) is 19.3 Å². The van der Waals surface area contributed by atoms with E-state index in [9.17, 15) is 0 Å². The molecule has 0 spiro atoms. The minimum absolute atomic E-state index is 0.328. The number of nitrogens with one attached hydrogen (secondary N) is 1. The molecule has 0 aliphatic rings. The maximum Gasteiger partial charge on any atom is 0.0717 e. The first-order valence-corrected chi connectivity index (χ1v) is 7.62. The average Bonchev–Trinajstić information content (AvgIpc) is 2.38. The van der Waals surface area contributed by atoms with E-state index in [4.69, 9.17) is 9.47 Å². The quantitative estimate of drug-likeness (QED) is 0.667. The maximum atomic E-state index is 5.60. The SMILES string of the molecule is CC(C)OCCCNCCOCc1ccc(Br)cc1. The first kappa shape index (κ1) is 16.6. The minimum Gasteiger partial charge on any atom is -0.379 e. The molecule has 0 amide bonds. The highest BCUT2D eigenvalue weighted by Gasteiger charge is 1.95. The van der Waals surface area contributed by atoms with E-state index in [2.05, 4.69) is 47.2 Å².